The van der Waals surface area contributed by atoms with E-state index in [0.29, 0.717) is 6.54 Å². The van der Waals surface area contributed by atoms with E-state index in [4.69, 9.17) is 4.74 Å². The minimum atomic E-state index is -0.904. The van der Waals surface area contributed by atoms with Gasteiger partial charge < -0.3 is 20.3 Å². The number of carbonyl (C=O) groups excluding carboxylic acids is 3. The number of ether oxygens (including phenoxy) is 1. The molecule has 2 atom stereocenters. The minimum Gasteiger partial charge on any atom is -0.444 e. The normalized spacial score (nSPS) is 15.4. The summed E-state index contributed by atoms with van der Waals surface area (Å²) in [5.41, 5.74) is 2.98. The molecule has 3 rings (SSSR count). The van der Waals surface area contributed by atoms with Crippen LogP contribution in [0.25, 0.3) is 0 Å². The number of nitrogens with one attached hydrogen (secondary N) is 2. The number of carbonyl (C=O) groups is 3. The van der Waals surface area contributed by atoms with Crippen molar-refractivity contribution < 1.29 is 19.1 Å². The third-order valence-electron chi connectivity index (χ3n) is 7.88. The number of nitrogens with zero attached hydrogens (tertiary/aromatic N) is 1. The van der Waals surface area contributed by atoms with Gasteiger partial charge in [-0.1, -0.05) is 87.6 Å². The molecule has 7 nitrogen and oxygen atoms in total. The maximum Gasteiger partial charge on any atom is 0.408 e. The Hall–Kier alpha value is -3.35. The Morgan fingerprint density at radius 1 is 0.929 bits per heavy atom. The second-order valence-corrected chi connectivity index (χ2v) is 12.7. The molecule has 0 bridgehead atoms. The Balaban J connectivity index is 2.06. The van der Waals surface area contributed by atoms with Gasteiger partial charge in [0.15, 0.2) is 0 Å². The fraction of sp³-hybridized carbons (Fsp3) is 0.571. The Labute approximate surface area is 252 Å². The standard InChI is InChI=1S/C35H51N3O4/c1-7-8-15-23-38(33(40)29(24-27-19-11-9-12-20-27)37-34(41)42-35(4,5)6)31(30-25(2)17-16-18-26(30)3)32(39)36-28-21-13-10-14-22-28/h9,11-12,16-20,28-29,31H,7-8,10,13-15,21-24H2,1-6H3,(H,36,39)(H,37,41). The molecule has 1 saturated carbocycles. The van der Waals surface area contributed by atoms with E-state index < -0.39 is 23.8 Å². The van der Waals surface area contributed by atoms with Crippen LogP contribution in [0, 0.1) is 13.8 Å². The van der Waals surface area contributed by atoms with E-state index in [1.165, 1.54) is 6.42 Å². The number of aryl methyl sites for hydroxylation is 2. The van der Waals surface area contributed by atoms with Crippen LogP contribution in [0.1, 0.15) is 107 Å². The van der Waals surface area contributed by atoms with Crippen molar-refractivity contribution in [3.8, 4) is 0 Å². The zero-order chi connectivity index (χ0) is 30.7. The van der Waals surface area contributed by atoms with Gasteiger partial charge in [0.25, 0.3) is 0 Å². The van der Waals surface area contributed by atoms with E-state index in [-0.39, 0.29) is 24.3 Å². The summed E-state index contributed by atoms with van der Waals surface area (Å²) in [6, 6.07) is 14.0. The lowest BCUT2D eigenvalue weighted by Gasteiger charge is -2.37. The number of benzene rings is 2. The SMILES string of the molecule is CCCCCN(C(=O)C(Cc1ccccc1)NC(=O)OC(C)(C)C)C(C(=O)NC1CCCCC1)c1c(C)cccc1C. The van der Waals surface area contributed by atoms with Gasteiger partial charge in [0.1, 0.15) is 17.7 Å². The Kier molecular flexibility index (Phi) is 12.4. The summed E-state index contributed by atoms with van der Waals surface area (Å²) < 4.78 is 5.57. The van der Waals surface area contributed by atoms with Gasteiger partial charge in [0.05, 0.1) is 0 Å². The van der Waals surface area contributed by atoms with Gasteiger partial charge in [0, 0.05) is 19.0 Å². The summed E-state index contributed by atoms with van der Waals surface area (Å²) in [7, 11) is 0. The second kappa shape index (κ2) is 15.8. The highest BCUT2D eigenvalue weighted by molar-refractivity contribution is 5.93. The van der Waals surface area contributed by atoms with Crippen molar-refractivity contribution in [3.63, 3.8) is 0 Å². The van der Waals surface area contributed by atoms with Crippen molar-refractivity contribution in [1.29, 1.82) is 0 Å². The first-order valence-corrected chi connectivity index (χ1v) is 15.7. The largest absolute Gasteiger partial charge is 0.444 e. The number of alkyl carbamates (subject to hydrolysis) is 1. The molecule has 42 heavy (non-hydrogen) atoms. The van der Waals surface area contributed by atoms with Crippen molar-refractivity contribution in [1.82, 2.24) is 15.5 Å². The molecule has 1 fully saturated rings. The molecule has 3 amide bonds. The van der Waals surface area contributed by atoms with Crippen molar-refractivity contribution in [2.45, 2.75) is 123 Å². The van der Waals surface area contributed by atoms with E-state index in [2.05, 4.69) is 17.6 Å². The molecule has 0 saturated heterocycles. The Bertz CT molecular complexity index is 1150. The van der Waals surface area contributed by atoms with Gasteiger partial charge in [0.2, 0.25) is 11.8 Å². The van der Waals surface area contributed by atoms with Crippen molar-refractivity contribution in [2.24, 2.45) is 0 Å². The maximum absolute atomic E-state index is 14.7. The molecule has 7 heteroatoms. The molecule has 2 aromatic rings. The summed E-state index contributed by atoms with van der Waals surface area (Å²) in [4.78, 5) is 43.6. The van der Waals surface area contributed by atoms with Crippen LogP contribution >= 0.6 is 0 Å². The topological polar surface area (TPSA) is 87.7 Å². The molecule has 2 N–H and O–H groups in total. The van der Waals surface area contributed by atoms with Crippen LogP contribution in [-0.2, 0) is 20.7 Å². The number of hydrogen-bond acceptors (Lipinski definition) is 4. The van der Waals surface area contributed by atoms with Gasteiger partial charge in [-0.15, -0.1) is 0 Å². The molecule has 2 unspecified atom stereocenters. The molecule has 0 aliphatic heterocycles. The number of hydrogen-bond donors (Lipinski definition) is 2. The van der Waals surface area contributed by atoms with E-state index in [0.717, 1.165) is 67.2 Å². The summed E-state index contributed by atoms with van der Waals surface area (Å²) in [5.74, 6) is -0.438. The van der Waals surface area contributed by atoms with Crippen molar-refractivity contribution >= 4 is 17.9 Å². The first-order chi connectivity index (χ1) is 20.0. The van der Waals surface area contributed by atoms with Gasteiger partial charge in [-0.2, -0.15) is 0 Å². The van der Waals surface area contributed by atoms with Gasteiger partial charge in [-0.3, -0.25) is 9.59 Å². The fourth-order valence-electron chi connectivity index (χ4n) is 5.81. The molecule has 0 heterocycles. The zero-order valence-electron chi connectivity index (χ0n) is 26.5. The summed E-state index contributed by atoms with van der Waals surface area (Å²) in [5, 5.41) is 6.18. The third-order valence-corrected chi connectivity index (χ3v) is 7.88. The molecule has 2 aromatic carbocycles. The highest BCUT2D eigenvalue weighted by Crippen LogP contribution is 2.30. The molecule has 0 aromatic heterocycles. The lowest BCUT2D eigenvalue weighted by atomic mass is 9.91. The number of rotatable bonds is 12. The Morgan fingerprint density at radius 2 is 1.57 bits per heavy atom. The smallest absolute Gasteiger partial charge is 0.408 e. The van der Waals surface area contributed by atoms with Gasteiger partial charge >= 0.3 is 6.09 Å². The van der Waals surface area contributed by atoms with Crippen molar-refractivity contribution in [2.75, 3.05) is 6.54 Å². The van der Waals surface area contributed by atoms with Crippen LogP contribution in [0.3, 0.4) is 0 Å². The summed E-state index contributed by atoms with van der Waals surface area (Å²) in [6.07, 6.45) is 7.57. The highest BCUT2D eigenvalue weighted by atomic mass is 16.6. The quantitative estimate of drug-likeness (QED) is 0.267. The molecular weight excluding hydrogens is 526 g/mol. The van der Waals surface area contributed by atoms with Crippen LogP contribution in [-0.4, -0.2) is 47.0 Å². The highest BCUT2D eigenvalue weighted by Gasteiger charge is 2.38. The van der Waals surface area contributed by atoms with Gasteiger partial charge in [-0.05, 0) is 76.1 Å². The Morgan fingerprint density at radius 3 is 2.17 bits per heavy atom. The number of amides is 3. The molecule has 0 radical (unpaired) electrons. The lowest BCUT2D eigenvalue weighted by molar-refractivity contribution is -0.143. The summed E-state index contributed by atoms with van der Waals surface area (Å²) >= 11 is 0. The first-order valence-electron chi connectivity index (χ1n) is 15.7. The van der Waals surface area contributed by atoms with Crippen LogP contribution in [0.4, 0.5) is 4.79 Å². The first kappa shape index (κ1) is 33.2. The predicted octanol–water partition coefficient (Wildman–Crippen LogP) is 6.95. The zero-order valence-corrected chi connectivity index (χ0v) is 26.5. The second-order valence-electron chi connectivity index (χ2n) is 12.7. The molecule has 1 aliphatic rings. The van der Waals surface area contributed by atoms with Crippen LogP contribution in [0.2, 0.25) is 0 Å². The monoisotopic (exact) mass is 577 g/mol. The van der Waals surface area contributed by atoms with Crippen LogP contribution in [0.15, 0.2) is 48.5 Å². The van der Waals surface area contributed by atoms with E-state index in [9.17, 15) is 14.4 Å². The molecular formula is C35H51N3O4. The maximum atomic E-state index is 14.7. The lowest BCUT2D eigenvalue weighted by Crippen LogP contribution is -2.55. The molecule has 1 aliphatic carbocycles. The predicted molar refractivity (Wildman–Crippen MR) is 168 cm³/mol. The van der Waals surface area contributed by atoms with Crippen molar-refractivity contribution in [3.05, 3.63) is 70.8 Å². The molecule has 0 spiro atoms. The number of unbranched alkanes of at least 4 members (excludes halogenated alkanes) is 2. The average Bonchev–Trinajstić information content (AvgIpc) is 2.93. The molecule has 230 valence electrons. The average molecular weight is 578 g/mol. The summed E-state index contributed by atoms with van der Waals surface area (Å²) in [6.45, 7) is 11.9. The van der Waals surface area contributed by atoms with E-state index >= 15 is 0 Å². The van der Waals surface area contributed by atoms with Crippen LogP contribution in [0.5, 0.6) is 0 Å². The van der Waals surface area contributed by atoms with E-state index in [1.54, 1.807) is 25.7 Å². The van der Waals surface area contributed by atoms with E-state index in [1.807, 2.05) is 62.4 Å². The third kappa shape index (κ3) is 9.88. The van der Waals surface area contributed by atoms with Gasteiger partial charge in [-0.25, -0.2) is 4.79 Å². The van der Waals surface area contributed by atoms with Crippen LogP contribution < -0.4 is 10.6 Å². The minimum absolute atomic E-state index is 0.102. The fourth-order valence-corrected chi connectivity index (χ4v) is 5.81.